The highest BCUT2D eigenvalue weighted by Gasteiger charge is 2.34. The second kappa shape index (κ2) is 8.53. The molecule has 2 rings (SSSR count). The molecule has 126 valence electrons. The van der Waals surface area contributed by atoms with Crippen LogP contribution in [-0.4, -0.2) is 21.0 Å². The van der Waals surface area contributed by atoms with E-state index in [0.29, 0.717) is 5.56 Å². The predicted molar refractivity (Wildman–Crippen MR) is 104 cm³/mol. The van der Waals surface area contributed by atoms with E-state index in [4.69, 9.17) is 47.0 Å². The summed E-state index contributed by atoms with van der Waals surface area (Å²) in [4.78, 5) is 12.3. The van der Waals surface area contributed by atoms with Crippen LogP contribution in [0.4, 0.5) is 5.69 Å². The molecule has 1 atom stereocenters. The van der Waals surface area contributed by atoms with E-state index in [0.717, 1.165) is 5.69 Å². The van der Waals surface area contributed by atoms with Crippen molar-refractivity contribution in [2.24, 2.45) is 0 Å². The van der Waals surface area contributed by atoms with Crippen LogP contribution in [0.2, 0.25) is 0 Å². The van der Waals surface area contributed by atoms with Crippen molar-refractivity contribution in [3.63, 3.8) is 0 Å². The standard InChI is InChI=1S/C16H14Cl3N3OS/c17-16(18,19)14(21-13(23)11-7-3-1-4-8-11)22-15(24)20-12-9-5-2-6-10-12/h1-10,14H,(H,21,23)(H2,20,22,24)/t14-/m0/s1. The van der Waals surface area contributed by atoms with E-state index in [1.54, 1.807) is 30.3 Å². The lowest BCUT2D eigenvalue weighted by Gasteiger charge is -2.27. The summed E-state index contributed by atoms with van der Waals surface area (Å²) in [6.45, 7) is 0. The molecule has 0 unspecified atom stereocenters. The van der Waals surface area contributed by atoms with E-state index in [1.807, 2.05) is 30.3 Å². The third-order valence-electron chi connectivity index (χ3n) is 2.95. The number of anilines is 1. The number of amides is 1. The molecule has 8 heteroatoms. The highest BCUT2D eigenvalue weighted by Crippen LogP contribution is 2.29. The molecule has 0 fully saturated rings. The fourth-order valence-corrected chi connectivity index (χ4v) is 2.39. The Bertz CT molecular complexity index is 693. The summed E-state index contributed by atoms with van der Waals surface area (Å²) < 4.78 is -1.80. The summed E-state index contributed by atoms with van der Waals surface area (Å²) in [6, 6.07) is 17.9. The number of hydrogen-bond acceptors (Lipinski definition) is 2. The van der Waals surface area contributed by atoms with Crippen LogP contribution in [0, 0.1) is 0 Å². The summed E-state index contributed by atoms with van der Waals surface area (Å²) in [6.07, 6.45) is -1.01. The van der Waals surface area contributed by atoms with Crippen molar-refractivity contribution in [1.29, 1.82) is 0 Å². The van der Waals surface area contributed by atoms with Crippen molar-refractivity contribution < 1.29 is 4.79 Å². The number of hydrogen-bond donors (Lipinski definition) is 3. The minimum absolute atomic E-state index is 0.214. The molecule has 24 heavy (non-hydrogen) atoms. The molecule has 0 radical (unpaired) electrons. The molecule has 0 spiro atoms. The third-order valence-corrected chi connectivity index (χ3v) is 3.82. The van der Waals surface area contributed by atoms with Crippen LogP contribution in [0.25, 0.3) is 0 Å². The average molecular weight is 403 g/mol. The number of rotatable bonds is 4. The third kappa shape index (κ3) is 5.83. The average Bonchev–Trinajstić information content (AvgIpc) is 2.55. The van der Waals surface area contributed by atoms with Gasteiger partial charge in [0.05, 0.1) is 0 Å². The lowest BCUT2D eigenvalue weighted by molar-refractivity contribution is 0.0934. The zero-order valence-electron chi connectivity index (χ0n) is 12.3. The number of para-hydroxylation sites is 1. The Morgan fingerprint density at radius 1 is 0.917 bits per heavy atom. The maximum Gasteiger partial charge on any atom is 0.252 e. The fraction of sp³-hybridized carbons (Fsp3) is 0.125. The first kappa shape index (κ1) is 18.8. The van der Waals surface area contributed by atoms with Gasteiger partial charge in [0.2, 0.25) is 3.79 Å². The molecule has 0 aliphatic rings. The van der Waals surface area contributed by atoms with Gasteiger partial charge >= 0.3 is 0 Å². The van der Waals surface area contributed by atoms with Gasteiger partial charge in [-0.25, -0.2) is 0 Å². The molecule has 2 aromatic carbocycles. The summed E-state index contributed by atoms with van der Waals surface area (Å²) in [5.41, 5.74) is 1.22. The molecule has 3 N–H and O–H groups in total. The van der Waals surface area contributed by atoms with E-state index in [2.05, 4.69) is 16.0 Å². The van der Waals surface area contributed by atoms with Crippen LogP contribution in [0.3, 0.4) is 0 Å². The van der Waals surface area contributed by atoms with Gasteiger partial charge in [-0.1, -0.05) is 71.2 Å². The molecule has 0 heterocycles. The van der Waals surface area contributed by atoms with Crippen LogP contribution in [0.1, 0.15) is 10.4 Å². The number of carbonyl (C=O) groups excluding carboxylic acids is 1. The molecule has 0 aliphatic carbocycles. The zero-order chi connectivity index (χ0) is 17.6. The van der Waals surface area contributed by atoms with Crippen LogP contribution < -0.4 is 16.0 Å². The van der Waals surface area contributed by atoms with Crippen molar-refractivity contribution in [2.75, 3.05) is 5.32 Å². The summed E-state index contributed by atoms with van der Waals surface area (Å²) in [5.74, 6) is -0.387. The van der Waals surface area contributed by atoms with Crippen molar-refractivity contribution >= 4 is 63.7 Å². The number of benzene rings is 2. The molecule has 0 aromatic heterocycles. The number of halogens is 3. The van der Waals surface area contributed by atoms with E-state index in [-0.39, 0.29) is 11.0 Å². The minimum Gasteiger partial charge on any atom is -0.339 e. The van der Waals surface area contributed by atoms with Gasteiger partial charge < -0.3 is 16.0 Å². The van der Waals surface area contributed by atoms with Crippen molar-refractivity contribution in [2.45, 2.75) is 9.96 Å². The zero-order valence-corrected chi connectivity index (χ0v) is 15.4. The number of carbonyl (C=O) groups is 1. The van der Waals surface area contributed by atoms with E-state index >= 15 is 0 Å². The van der Waals surface area contributed by atoms with E-state index in [9.17, 15) is 4.79 Å². The maximum atomic E-state index is 12.3. The molecular formula is C16H14Cl3N3OS. The normalized spacial score (nSPS) is 12.1. The fourth-order valence-electron chi connectivity index (χ4n) is 1.82. The first-order valence-electron chi connectivity index (χ1n) is 6.91. The topological polar surface area (TPSA) is 53.2 Å². The van der Waals surface area contributed by atoms with Crippen molar-refractivity contribution in [3.8, 4) is 0 Å². The van der Waals surface area contributed by atoms with Gasteiger partial charge in [0.15, 0.2) is 5.11 Å². The summed E-state index contributed by atoms with van der Waals surface area (Å²) in [7, 11) is 0. The van der Waals surface area contributed by atoms with E-state index < -0.39 is 9.96 Å². The highest BCUT2D eigenvalue weighted by molar-refractivity contribution is 7.80. The monoisotopic (exact) mass is 401 g/mol. The van der Waals surface area contributed by atoms with Gasteiger partial charge in [-0.3, -0.25) is 4.79 Å². The lowest BCUT2D eigenvalue weighted by Crippen LogP contribution is -2.56. The molecule has 0 saturated carbocycles. The number of alkyl halides is 3. The van der Waals surface area contributed by atoms with Crippen molar-refractivity contribution in [3.05, 3.63) is 66.2 Å². The first-order chi connectivity index (χ1) is 11.4. The lowest BCUT2D eigenvalue weighted by atomic mass is 10.2. The molecule has 0 saturated heterocycles. The Kier molecular flexibility index (Phi) is 6.69. The summed E-state index contributed by atoms with van der Waals surface area (Å²) in [5, 5.41) is 8.58. The Labute approximate surface area is 160 Å². The van der Waals surface area contributed by atoms with Crippen LogP contribution in [-0.2, 0) is 0 Å². The second-order valence-corrected chi connectivity index (χ2v) is 7.56. The number of thiocarbonyl (C=S) groups is 1. The van der Waals surface area contributed by atoms with Gasteiger partial charge in [0.1, 0.15) is 6.17 Å². The van der Waals surface area contributed by atoms with Crippen LogP contribution in [0.15, 0.2) is 60.7 Å². The van der Waals surface area contributed by atoms with Gasteiger partial charge in [-0.05, 0) is 36.5 Å². The Morgan fingerprint density at radius 3 is 2.00 bits per heavy atom. The molecule has 0 aliphatic heterocycles. The van der Waals surface area contributed by atoms with Gasteiger partial charge in [-0.15, -0.1) is 0 Å². The van der Waals surface area contributed by atoms with Gasteiger partial charge in [-0.2, -0.15) is 0 Å². The second-order valence-electron chi connectivity index (χ2n) is 4.78. The molecule has 0 bridgehead atoms. The first-order valence-corrected chi connectivity index (χ1v) is 8.45. The Morgan fingerprint density at radius 2 is 1.46 bits per heavy atom. The molecule has 4 nitrogen and oxygen atoms in total. The minimum atomic E-state index is -1.80. The van der Waals surface area contributed by atoms with E-state index in [1.165, 1.54) is 0 Å². The Balaban J connectivity index is 2.03. The van der Waals surface area contributed by atoms with Crippen LogP contribution >= 0.6 is 47.0 Å². The summed E-state index contributed by atoms with van der Waals surface area (Å²) >= 11 is 23.0. The largest absolute Gasteiger partial charge is 0.339 e. The van der Waals surface area contributed by atoms with Gasteiger partial charge in [0.25, 0.3) is 5.91 Å². The van der Waals surface area contributed by atoms with Gasteiger partial charge in [0, 0.05) is 11.3 Å². The quantitative estimate of drug-likeness (QED) is 0.409. The molecule has 1 amide bonds. The van der Waals surface area contributed by atoms with Crippen LogP contribution in [0.5, 0.6) is 0 Å². The smallest absolute Gasteiger partial charge is 0.252 e. The number of nitrogens with one attached hydrogen (secondary N) is 3. The molecule has 2 aromatic rings. The maximum absolute atomic E-state index is 12.3. The predicted octanol–water partition coefficient (Wildman–Crippen LogP) is 4.10. The van der Waals surface area contributed by atoms with Crippen molar-refractivity contribution in [1.82, 2.24) is 10.6 Å². The SMILES string of the molecule is O=C(N[C@@H](NC(=S)Nc1ccccc1)C(Cl)(Cl)Cl)c1ccccc1. The molecular weight excluding hydrogens is 389 g/mol. The highest BCUT2D eigenvalue weighted by atomic mass is 35.6. The Hall–Kier alpha value is -1.53.